The summed E-state index contributed by atoms with van der Waals surface area (Å²) in [5.74, 6) is -0.411. The molecule has 1 unspecified atom stereocenters. The van der Waals surface area contributed by atoms with E-state index in [-0.39, 0.29) is 23.5 Å². The van der Waals surface area contributed by atoms with Crippen molar-refractivity contribution in [1.82, 2.24) is 21.1 Å². The van der Waals surface area contributed by atoms with Gasteiger partial charge in [-0.25, -0.2) is 14.5 Å². The fourth-order valence-electron chi connectivity index (χ4n) is 3.44. The number of nitrogens with zero attached hydrogens (tertiary/aromatic N) is 2. The normalized spacial score (nSPS) is 13.1. The Hall–Kier alpha value is -3.46. The summed E-state index contributed by atoms with van der Waals surface area (Å²) in [7, 11) is -1.12. The van der Waals surface area contributed by atoms with Crippen molar-refractivity contribution in [3.63, 3.8) is 0 Å². The van der Waals surface area contributed by atoms with Crippen molar-refractivity contribution in [2.45, 2.75) is 6.04 Å². The summed E-state index contributed by atoms with van der Waals surface area (Å²) >= 11 is 3.13. The van der Waals surface area contributed by atoms with E-state index < -0.39 is 19.0 Å². The van der Waals surface area contributed by atoms with Gasteiger partial charge in [0, 0.05) is 36.3 Å². The molecule has 2 heterocycles. The van der Waals surface area contributed by atoms with Crippen molar-refractivity contribution in [3.8, 4) is 0 Å². The van der Waals surface area contributed by atoms with Crippen LogP contribution in [0.15, 0.2) is 51.8 Å². The number of amides is 1. The molecule has 0 fully saturated rings. The maximum atomic E-state index is 13.5. The highest BCUT2D eigenvalue weighted by Gasteiger charge is 2.25. The summed E-state index contributed by atoms with van der Waals surface area (Å²) < 4.78 is 23.7. The minimum absolute atomic E-state index is 0.0533. The lowest BCUT2D eigenvalue weighted by molar-refractivity contribution is 0.0955. The highest BCUT2D eigenvalue weighted by Crippen LogP contribution is 2.26. The third kappa shape index (κ3) is 5.97. The summed E-state index contributed by atoms with van der Waals surface area (Å²) in [6.07, 6.45) is 3.11. The summed E-state index contributed by atoms with van der Waals surface area (Å²) in [5.41, 5.74) is 4.71. The van der Waals surface area contributed by atoms with E-state index in [2.05, 4.69) is 47.7 Å². The van der Waals surface area contributed by atoms with Gasteiger partial charge in [0.25, 0.3) is 5.91 Å². The summed E-state index contributed by atoms with van der Waals surface area (Å²) in [6.45, 7) is 0.605. The lowest BCUT2D eigenvalue weighted by atomic mass is 9.74. The van der Waals surface area contributed by atoms with Crippen LogP contribution in [0.5, 0.6) is 0 Å². The van der Waals surface area contributed by atoms with Gasteiger partial charge in [-0.15, -0.1) is 0 Å². The zero-order chi connectivity index (χ0) is 24.8. The van der Waals surface area contributed by atoms with Crippen molar-refractivity contribution >= 4 is 52.0 Å². The van der Waals surface area contributed by atoms with Crippen LogP contribution < -0.4 is 26.9 Å². The van der Waals surface area contributed by atoms with E-state index in [1.54, 1.807) is 36.4 Å². The van der Waals surface area contributed by atoms with Crippen molar-refractivity contribution in [1.29, 1.82) is 0 Å². The van der Waals surface area contributed by atoms with Gasteiger partial charge in [0.1, 0.15) is 5.82 Å². The quantitative estimate of drug-likeness (QED) is 0.126. The van der Waals surface area contributed by atoms with Crippen molar-refractivity contribution in [2.75, 3.05) is 30.3 Å². The van der Waals surface area contributed by atoms with E-state index in [9.17, 15) is 19.4 Å². The standard InChI is InChI=1S/C21H21BBrFN6O5/c23-16-10-14(3-4-17(16)24)28-18(11-27-33)19-20(30-35-29-19)25-6-7-26-21(31)13-2-1-12-5-8-34-22(32)15(12)9-13/h1-5,8-10,18,27-28,32-33H,6-7,11H2,(H,25,30)(H,26,31). The minimum atomic E-state index is -1.12. The molecule has 6 N–H and O–H groups in total. The Bertz CT molecular complexity index is 1230. The van der Waals surface area contributed by atoms with Crippen LogP contribution in [0.3, 0.4) is 0 Å². The van der Waals surface area contributed by atoms with E-state index in [0.717, 1.165) is 5.56 Å². The molecule has 4 rings (SSSR count). The van der Waals surface area contributed by atoms with Gasteiger partial charge in [0.2, 0.25) is 0 Å². The molecule has 3 aromatic rings. The van der Waals surface area contributed by atoms with Crippen molar-refractivity contribution < 1.29 is 28.7 Å². The number of carbonyl (C=O) groups is 1. The summed E-state index contributed by atoms with van der Waals surface area (Å²) in [5, 5.41) is 35.9. The fourth-order valence-corrected chi connectivity index (χ4v) is 3.82. The molecule has 1 aromatic heterocycles. The van der Waals surface area contributed by atoms with E-state index in [4.69, 9.17) is 9.28 Å². The monoisotopic (exact) mass is 546 g/mol. The van der Waals surface area contributed by atoms with Crippen LogP contribution in [0.25, 0.3) is 6.08 Å². The number of carbonyl (C=O) groups excluding carboxylic acids is 1. The number of hydroxylamine groups is 1. The van der Waals surface area contributed by atoms with Gasteiger partial charge in [-0.05, 0) is 63.1 Å². The number of hydrogen-bond acceptors (Lipinski definition) is 10. The number of aromatic nitrogens is 2. The number of halogens is 2. The molecule has 0 aliphatic carbocycles. The van der Waals surface area contributed by atoms with Gasteiger partial charge >= 0.3 is 7.12 Å². The smallest absolute Gasteiger partial charge is 0.538 e. The average Bonchev–Trinajstić information content (AvgIpc) is 3.32. The molecule has 0 spiro atoms. The number of rotatable bonds is 10. The van der Waals surface area contributed by atoms with Crippen LogP contribution in [0.4, 0.5) is 15.9 Å². The molecular weight excluding hydrogens is 526 g/mol. The lowest BCUT2D eigenvalue weighted by Gasteiger charge is -2.18. The van der Waals surface area contributed by atoms with Crippen molar-refractivity contribution in [3.05, 3.63) is 69.8 Å². The fraction of sp³-hybridized carbons (Fsp3) is 0.190. The zero-order valence-corrected chi connectivity index (χ0v) is 19.8. The van der Waals surface area contributed by atoms with Crippen molar-refractivity contribution in [2.24, 2.45) is 0 Å². The van der Waals surface area contributed by atoms with Crippen LogP contribution in [0.1, 0.15) is 27.7 Å². The first-order chi connectivity index (χ1) is 17.0. The van der Waals surface area contributed by atoms with E-state index in [1.165, 1.54) is 12.3 Å². The zero-order valence-electron chi connectivity index (χ0n) is 18.2. The largest absolute Gasteiger partial charge is 0.560 e. The molecule has 35 heavy (non-hydrogen) atoms. The molecular formula is C21H21BBrFN6O5. The molecule has 1 aliphatic rings. The molecule has 0 bridgehead atoms. The molecule has 1 amide bonds. The predicted octanol–water partition coefficient (Wildman–Crippen LogP) is 1.63. The molecule has 1 aliphatic heterocycles. The second kappa shape index (κ2) is 11.3. The van der Waals surface area contributed by atoms with Gasteiger partial charge in [0.15, 0.2) is 11.5 Å². The Labute approximate surface area is 207 Å². The molecule has 0 saturated heterocycles. The van der Waals surface area contributed by atoms with Crippen LogP contribution in [0, 0.1) is 5.82 Å². The third-order valence-corrected chi connectivity index (χ3v) is 5.78. The van der Waals surface area contributed by atoms with E-state index in [1.807, 2.05) is 0 Å². The van der Waals surface area contributed by atoms with Gasteiger partial charge in [-0.2, -0.15) is 0 Å². The Morgan fingerprint density at radius 2 is 2.06 bits per heavy atom. The second-order valence-electron chi connectivity index (χ2n) is 7.50. The van der Waals surface area contributed by atoms with Crippen LogP contribution >= 0.6 is 15.9 Å². The van der Waals surface area contributed by atoms with Gasteiger partial charge in [0.05, 0.1) is 16.8 Å². The molecule has 14 heteroatoms. The first kappa shape index (κ1) is 24.7. The Morgan fingerprint density at radius 3 is 2.86 bits per heavy atom. The predicted molar refractivity (Wildman–Crippen MR) is 130 cm³/mol. The Balaban J connectivity index is 1.34. The van der Waals surface area contributed by atoms with Gasteiger partial charge in [-0.1, -0.05) is 11.2 Å². The number of benzene rings is 2. The van der Waals surface area contributed by atoms with Gasteiger partial charge in [-0.3, -0.25) is 4.79 Å². The lowest BCUT2D eigenvalue weighted by Crippen LogP contribution is -2.37. The second-order valence-corrected chi connectivity index (χ2v) is 8.36. The van der Waals surface area contributed by atoms with E-state index in [0.29, 0.717) is 34.8 Å². The SMILES string of the molecule is O=C(NCCNc1nonc1C(CNO)Nc1ccc(F)c(Br)c1)c1ccc2c(c1)B(O)OC=C2. The summed E-state index contributed by atoms with van der Waals surface area (Å²) in [4.78, 5) is 12.5. The van der Waals surface area contributed by atoms with Crippen LogP contribution in [-0.4, -0.2) is 53.2 Å². The number of hydrogen-bond donors (Lipinski definition) is 6. The average molecular weight is 547 g/mol. The first-order valence-corrected chi connectivity index (χ1v) is 11.3. The minimum Gasteiger partial charge on any atom is -0.538 e. The first-order valence-electron chi connectivity index (χ1n) is 10.5. The van der Waals surface area contributed by atoms with Gasteiger partial charge < -0.3 is 30.8 Å². The highest BCUT2D eigenvalue weighted by atomic mass is 79.9. The molecule has 11 nitrogen and oxygen atoms in total. The molecule has 182 valence electrons. The van der Waals surface area contributed by atoms with Crippen LogP contribution in [0.2, 0.25) is 0 Å². The number of fused-ring (bicyclic) bond motifs is 1. The maximum absolute atomic E-state index is 13.5. The molecule has 0 radical (unpaired) electrons. The Kier molecular flexibility index (Phi) is 7.97. The summed E-state index contributed by atoms with van der Waals surface area (Å²) in [6, 6.07) is 8.80. The molecule has 0 saturated carbocycles. The number of anilines is 2. The number of nitrogens with one attached hydrogen (secondary N) is 4. The third-order valence-electron chi connectivity index (χ3n) is 5.17. The highest BCUT2D eigenvalue weighted by molar-refractivity contribution is 9.10. The Morgan fingerprint density at radius 1 is 1.20 bits per heavy atom. The topological polar surface area (TPSA) is 154 Å². The van der Waals surface area contributed by atoms with Crippen LogP contribution in [-0.2, 0) is 4.65 Å². The van der Waals surface area contributed by atoms with E-state index >= 15 is 0 Å². The molecule has 1 atom stereocenters. The maximum Gasteiger partial charge on any atom is 0.560 e. The molecule has 2 aromatic carbocycles.